The van der Waals surface area contributed by atoms with Gasteiger partial charge in [-0.2, -0.15) is 0 Å². The van der Waals surface area contributed by atoms with Gasteiger partial charge in [-0.05, 0) is 34.1 Å². The molecule has 1 unspecified atom stereocenters. The molecule has 2 atom stereocenters. The fourth-order valence-electron chi connectivity index (χ4n) is 1.88. The second-order valence-corrected chi connectivity index (χ2v) is 5.91. The number of nitrogens with one attached hydrogen (secondary N) is 1. The molecule has 3 N–H and O–H groups in total. The van der Waals surface area contributed by atoms with Gasteiger partial charge in [0.25, 0.3) is 0 Å². The molecule has 0 fully saturated rings. The highest BCUT2D eigenvalue weighted by Crippen LogP contribution is 2.20. The second kappa shape index (κ2) is 6.60. The largest absolute Gasteiger partial charge is 0.444 e. The number of imidazole rings is 1. The van der Waals surface area contributed by atoms with E-state index in [0.717, 1.165) is 5.69 Å². The minimum absolute atomic E-state index is 0.302. The Morgan fingerprint density at radius 1 is 1.48 bits per heavy atom. The van der Waals surface area contributed by atoms with Crippen LogP contribution in [0.25, 0.3) is 0 Å². The number of aromatic nitrogens is 2. The van der Waals surface area contributed by atoms with Crippen molar-refractivity contribution in [3.05, 3.63) is 18.2 Å². The van der Waals surface area contributed by atoms with Gasteiger partial charge < -0.3 is 20.4 Å². The van der Waals surface area contributed by atoms with Crippen molar-refractivity contribution in [3.8, 4) is 0 Å². The first-order valence-corrected chi connectivity index (χ1v) is 6.96. The van der Waals surface area contributed by atoms with Crippen LogP contribution in [0.4, 0.5) is 4.79 Å². The van der Waals surface area contributed by atoms with E-state index < -0.39 is 23.6 Å². The van der Waals surface area contributed by atoms with E-state index in [1.54, 1.807) is 38.5 Å². The molecule has 0 aromatic carbocycles. The van der Waals surface area contributed by atoms with Crippen LogP contribution in [-0.2, 0) is 9.53 Å². The highest BCUT2D eigenvalue weighted by molar-refractivity contribution is 5.78. The summed E-state index contributed by atoms with van der Waals surface area (Å²) in [6.07, 6.45) is 3.28. The molecule has 0 bridgehead atoms. The Kier molecular flexibility index (Phi) is 5.34. The van der Waals surface area contributed by atoms with Crippen LogP contribution in [0.1, 0.15) is 58.8 Å². The lowest BCUT2D eigenvalue weighted by molar-refractivity contribution is -0.120. The van der Waals surface area contributed by atoms with Crippen molar-refractivity contribution in [2.24, 2.45) is 5.73 Å². The molecule has 2 amide bonds. The first kappa shape index (κ1) is 17.0. The molecule has 0 aliphatic heterocycles. The minimum Gasteiger partial charge on any atom is -0.444 e. The average molecular weight is 296 g/mol. The van der Waals surface area contributed by atoms with Gasteiger partial charge in [0, 0.05) is 0 Å². The maximum atomic E-state index is 11.9. The zero-order chi connectivity index (χ0) is 16.2. The highest BCUT2D eigenvalue weighted by Gasteiger charge is 2.23. The molecule has 7 heteroatoms. The predicted octanol–water partition coefficient (Wildman–Crippen LogP) is 1.91. The molecule has 0 radical (unpaired) electrons. The summed E-state index contributed by atoms with van der Waals surface area (Å²) in [7, 11) is 0. The van der Waals surface area contributed by atoms with Crippen LogP contribution in [0.3, 0.4) is 0 Å². The van der Waals surface area contributed by atoms with Gasteiger partial charge in [-0.1, -0.05) is 6.92 Å². The topological polar surface area (TPSA) is 99.2 Å². The maximum Gasteiger partial charge on any atom is 0.408 e. The fraction of sp³-hybridized carbons (Fsp3) is 0.643. The van der Waals surface area contributed by atoms with Crippen molar-refractivity contribution < 1.29 is 14.3 Å². The van der Waals surface area contributed by atoms with Gasteiger partial charge in [0.15, 0.2) is 0 Å². The molecule has 1 heterocycles. The van der Waals surface area contributed by atoms with E-state index in [1.165, 1.54) is 6.33 Å². The van der Waals surface area contributed by atoms with E-state index in [-0.39, 0.29) is 6.04 Å². The summed E-state index contributed by atoms with van der Waals surface area (Å²) in [5, 5.41) is 2.79. The van der Waals surface area contributed by atoms with E-state index in [1.807, 2.05) is 6.92 Å². The Bertz CT molecular complexity index is 505. The molecule has 0 aliphatic carbocycles. The molecular formula is C14H24N4O3. The van der Waals surface area contributed by atoms with Crippen LogP contribution in [0, 0.1) is 0 Å². The fourth-order valence-corrected chi connectivity index (χ4v) is 1.88. The van der Waals surface area contributed by atoms with Crippen LogP contribution in [0.15, 0.2) is 12.5 Å². The normalized spacial score (nSPS) is 14.3. The molecule has 1 rings (SSSR count). The molecule has 0 spiro atoms. The van der Waals surface area contributed by atoms with E-state index in [9.17, 15) is 9.59 Å². The van der Waals surface area contributed by atoms with Crippen molar-refractivity contribution in [3.63, 3.8) is 0 Å². The van der Waals surface area contributed by atoms with Crippen LogP contribution in [0.2, 0.25) is 0 Å². The van der Waals surface area contributed by atoms with E-state index >= 15 is 0 Å². The van der Waals surface area contributed by atoms with Gasteiger partial charge in [0.1, 0.15) is 11.6 Å². The quantitative estimate of drug-likeness (QED) is 0.866. The van der Waals surface area contributed by atoms with Gasteiger partial charge in [-0.3, -0.25) is 4.79 Å². The minimum atomic E-state index is -0.566. The Hall–Kier alpha value is -2.05. The molecule has 118 valence electrons. The van der Waals surface area contributed by atoms with Crippen molar-refractivity contribution in [2.45, 2.75) is 58.7 Å². The smallest absolute Gasteiger partial charge is 0.408 e. The number of amides is 2. The zero-order valence-electron chi connectivity index (χ0n) is 13.2. The van der Waals surface area contributed by atoms with Crippen LogP contribution in [0.5, 0.6) is 0 Å². The number of primary amides is 1. The standard InChI is InChI=1S/C14H24N4O3/c1-6-10(17-13(20)21-14(3,4)5)11-7-16-8-18(11)9(2)12(15)19/h7-10H,6H2,1-5H3,(H2,15,19)(H,17,20)/t9?,10-/m1/s1. The van der Waals surface area contributed by atoms with Crippen molar-refractivity contribution >= 4 is 12.0 Å². The van der Waals surface area contributed by atoms with Gasteiger partial charge in [-0.25, -0.2) is 9.78 Å². The summed E-state index contributed by atoms with van der Waals surface area (Å²) >= 11 is 0. The number of carbonyl (C=O) groups is 2. The number of alkyl carbamates (subject to hydrolysis) is 1. The number of ether oxygens (including phenoxy) is 1. The third-order valence-corrected chi connectivity index (χ3v) is 2.98. The SMILES string of the molecule is CC[C@@H](NC(=O)OC(C)(C)C)c1cncn1C(C)C(N)=O. The highest BCUT2D eigenvalue weighted by atomic mass is 16.6. The first-order chi connectivity index (χ1) is 9.65. The lowest BCUT2D eigenvalue weighted by atomic mass is 10.1. The Morgan fingerprint density at radius 2 is 2.10 bits per heavy atom. The van der Waals surface area contributed by atoms with Crippen LogP contribution >= 0.6 is 0 Å². The molecule has 1 aromatic rings. The molecule has 21 heavy (non-hydrogen) atoms. The third-order valence-electron chi connectivity index (χ3n) is 2.98. The third kappa shape index (κ3) is 4.77. The molecule has 0 saturated heterocycles. The van der Waals surface area contributed by atoms with Crippen LogP contribution in [-0.4, -0.2) is 27.2 Å². The van der Waals surface area contributed by atoms with E-state index in [2.05, 4.69) is 10.3 Å². The lowest BCUT2D eigenvalue weighted by Gasteiger charge is -2.24. The molecular weight excluding hydrogens is 272 g/mol. The van der Waals surface area contributed by atoms with E-state index in [0.29, 0.717) is 6.42 Å². The van der Waals surface area contributed by atoms with E-state index in [4.69, 9.17) is 10.5 Å². The summed E-state index contributed by atoms with van der Waals surface area (Å²) < 4.78 is 6.91. The van der Waals surface area contributed by atoms with Gasteiger partial charge in [0.05, 0.1) is 24.3 Å². The number of rotatable bonds is 5. The number of carbonyl (C=O) groups excluding carboxylic acids is 2. The molecule has 0 saturated carbocycles. The van der Waals surface area contributed by atoms with Crippen molar-refractivity contribution in [1.29, 1.82) is 0 Å². The monoisotopic (exact) mass is 296 g/mol. The summed E-state index contributed by atoms with van der Waals surface area (Å²) in [5.41, 5.74) is 5.47. The summed E-state index contributed by atoms with van der Waals surface area (Å²) in [4.78, 5) is 27.3. The maximum absolute atomic E-state index is 11.9. The number of hydrogen-bond acceptors (Lipinski definition) is 4. The van der Waals surface area contributed by atoms with Crippen molar-refractivity contribution in [2.75, 3.05) is 0 Å². The lowest BCUT2D eigenvalue weighted by Crippen LogP contribution is -2.36. The summed E-state index contributed by atoms with van der Waals surface area (Å²) in [6, 6.07) is -0.832. The number of nitrogens with zero attached hydrogens (tertiary/aromatic N) is 2. The van der Waals surface area contributed by atoms with Gasteiger partial charge in [0.2, 0.25) is 5.91 Å². The molecule has 0 aliphatic rings. The second-order valence-electron chi connectivity index (χ2n) is 5.91. The van der Waals surface area contributed by atoms with Gasteiger partial charge >= 0.3 is 6.09 Å². The Morgan fingerprint density at radius 3 is 2.57 bits per heavy atom. The zero-order valence-corrected chi connectivity index (χ0v) is 13.2. The Labute approximate surface area is 124 Å². The number of nitrogens with two attached hydrogens (primary N) is 1. The van der Waals surface area contributed by atoms with Crippen LogP contribution < -0.4 is 11.1 Å². The summed E-state index contributed by atoms with van der Waals surface area (Å²) in [6.45, 7) is 9.01. The number of hydrogen-bond donors (Lipinski definition) is 2. The van der Waals surface area contributed by atoms with Gasteiger partial charge in [-0.15, -0.1) is 0 Å². The molecule has 7 nitrogen and oxygen atoms in total. The Balaban J connectivity index is 2.89. The predicted molar refractivity (Wildman–Crippen MR) is 78.5 cm³/mol. The average Bonchev–Trinajstić information content (AvgIpc) is 2.81. The molecule has 1 aromatic heterocycles. The first-order valence-electron chi connectivity index (χ1n) is 6.96. The summed E-state index contributed by atoms with van der Waals surface area (Å²) in [5.74, 6) is -0.457. The van der Waals surface area contributed by atoms with Crippen molar-refractivity contribution in [1.82, 2.24) is 14.9 Å².